The van der Waals surface area contributed by atoms with Crippen LogP contribution >= 0.6 is 23.2 Å². The van der Waals surface area contributed by atoms with Crippen molar-refractivity contribution in [3.8, 4) is 5.75 Å². The highest BCUT2D eigenvalue weighted by atomic mass is 35.5. The lowest BCUT2D eigenvalue weighted by Gasteiger charge is -2.19. The summed E-state index contributed by atoms with van der Waals surface area (Å²) in [6.45, 7) is 3.65. The van der Waals surface area contributed by atoms with E-state index in [0.717, 1.165) is 5.56 Å². The van der Waals surface area contributed by atoms with Gasteiger partial charge in [0.05, 0.1) is 12.9 Å². The minimum atomic E-state index is -1.47. The van der Waals surface area contributed by atoms with Gasteiger partial charge in [0.2, 0.25) is 6.10 Å². The number of carbonyl (C=O) groups excluding carboxylic acids is 2. The highest BCUT2D eigenvalue weighted by molar-refractivity contribution is 6.30. The van der Waals surface area contributed by atoms with E-state index >= 15 is 0 Å². The lowest BCUT2D eigenvalue weighted by atomic mass is 10.2. The van der Waals surface area contributed by atoms with Crippen LogP contribution in [0.15, 0.2) is 66.4 Å². The average molecular weight is 453 g/mol. The van der Waals surface area contributed by atoms with E-state index < -0.39 is 23.6 Å². The minimum Gasteiger partial charge on any atom is -0.496 e. The molecule has 0 bridgehead atoms. The molecule has 0 N–H and O–H groups in total. The predicted octanol–water partition coefficient (Wildman–Crippen LogP) is 4.88. The zero-order chi connectivity index (χ0) is 21.9. The maximum atomic E-state index is 12.4. The SMILES string of the molecule is CCOC(=O)C(OC(=O)C(Cl)Oc1ccc(Cl)cc1)C(C)=COCc1ccccc1. The quantitative estimate of drug-likeness (QED) is 0.290. The van der Waals surface area contributed by atoms with E-state index in [1.165, 1.54) is 6.26 Å². The summed E-state index contributed by atoms with van der Waals surface area (Å²) < 4.78 is 21.1. The maximum Gasteiger partial charge on any atom is 0.364 e. The van der Waals surface area contributed by atoms with Crippen LogP contribution in [-0.4, -0.2) is 30.2 Å². The molecule has 160 valence electrons. The first-order valence-corrected chi connectivity index (χ1v) is 9.97. The molecule has 0 spiro atoms. The van der Waals surface area contributed by atoms with Gasteiger partial charge in [0, 0.05) is 10.6 Å². The van der Waals surface area contributed by atoms with Crippen LogP contribution in [0.1, 0.15) is 19.4 Å². The molecule has 2 atom stereocenters. The van der Waals surface area contributed by atoms with Crippen LogP contribution in [0.2, 0.25) is 5.02 Å². The van der Waals surface area contributed by atoms with Crippen molar-refractivity contribution in [1.82, 2.24) is 0 Å². The van der Waals surface area contributed by atoms with Gasteiger partial charge < -0.3 is 18.9 Å². The molecule has 0 heterocycles. The lowest BCUT2D eigenvalue weighted by molar-refractivity contribution is -0.167. The molecular weight excluding hydrogens is 431 g/mol. The molecule has 0 saturated heterocycles. The summed E-state index contributed by atoms with van der Waals surface area (Å²) >= 11 is 11.8. The summed E-state index contributed by atoms with van der Waals surface area (Å²) in [7, 11) is 0. The van der Waals surface area contributed by atoms with Gasteiger partial charge in [-0.3, -0.25) is 0 Å². The van der Waals surface area contributed by atoms with Crippen LogP contribution < -0.4 is 4.74 Å². The van der Waals surface area contributed by atoms with Crippen LogP contribution in [0.3, 0.4) is 0 Å². The van der Waals surface area contributed by atoms with Crippen molar-refractivity contribution in [2.24, 2.45) is 0 Å². The number of halogens is 2. The van der Waals surface area contributed by atoms with Crippen molar-refractivity contribution in [2.75, 3.05) is 6.61 Å². The van der Waals surface area contributed by atoms with E-state index in [-0.39, 0.29) is 6.61 Å². The molecule has 8 heteroatoms. The van der Waals surface area contributed by atoms with Crippen molar-refractivity contribution in [3.63, 3.8) is 0 Å². The first-order valence-electron chi connectivity index (χ1n) is 9.16. The van der Waals surface area contributed by atoms with Crippen molar-refractivity contribution >= 4 is 35.1 Å². The van der Waals surface area contributed by atoms with Gasteiger partial charge in [-0.15, -0.1) is 0 Å². The number of ether oxygens (including phenoxy) is 4. The Morgan fingerprint density at radius 3 is 2.33 bits per heavy atom. The molecule has 30 heavy (non-hydrogen) atoms. The minimum absolute atomic E-state index is 0.122. The Kier molecular flexibility index (Phi) is 9.51. The maximum absolute atomic E-state index is 12.4. The number of hydrogen-bond donors (Lipinski definition) is 0. The summed E-state index contributed by atoms with van der Waals surface area (Å²) in [5, 5.41) is 0.509. The Bertz CT molecular complexity index is 852. The van der Waals surface area contributed by atoms with Gasteiger partial charge in [0.15, 0.2) is 0 Å². The topological polar surface area (TPSA) is 71.1 Å². The molecule has 0 aliphatic rings. The summed E-state index contributed by atoms with van der Waals surface area (Å²) in [4.78, 5) is 24.6. The summed E-state index contributed by atoms with van der Waals surface area (Å²) in [5.74, 6) is -1.36. The average Bonchev–Trinajstić information content (AvgIpc) is 2.74. The molecule has 0 radical (unpaired) electrons. The van der Waals surface area contributed by atoms with Crippen molar-refractivity contribution < 1.29 is 28.5 Å². The van der Waals surface area contributed by atoms with Crippen LogP contribution in [-0.2, 0) is 30.4 Å². The number of carbonyl (C=O) groups is 2. The van der Waals surface area contributed by atoms with E-state index in [4.69, 9.17) is 42.1 Å². The van der Waals surface area contributed by atoms with Crippen molar-refractivity contribution in [3.05, 3.63) is 77.0 Å². The van der Waals surface area contributed by atoms with Gasteiger partial charge in [-0.05, 0) is 43.7 Å². The summed E-state index contributed by atoms with van der Waals surface area (Å²) in [5.41, 5.74) is -0.183. The molecule has 0 fully saturated rings. The first-order chi connectivity index (χ1) is 14.4. The predicted molar refractivity (Wildman–Crippen MR) is 113 cm³/mol. The van der Waals surface area contributed by atoms with Crippen LogP contribution in [0.4, 0.5) is 0 Å². The molecule has 0 aliphatic heterocycles. The Balaban J connectivity index is 2.01. The third-order valence-electron chi connectivity index (χ3n) is 3.75. The van der Waals surface area contributed by atoms with Crippen LogP contribution in [0, 0.1) is 0 Å². The van der Waals surface area contributed by atoms with E-state index in [9.17, 15) is 9.59 Å². The molecule has 0 aliphatic carbocycles. The first kappa shape index (κ1) is 23.6. The molecule has 2 unspecified atom stereocenters. The highest BCUT2D eigenvalue weighted by Gasteiger charge is 2.30. The van der Waals surface area contributed by atoms with Gasteiger partial charge in [0.1, 0.15) is 12.4 Å². The second-order valence-electron chi connectivity index (χ2n) is 6.12. The Morgan fingerprint density at radius 2 is 1.70 bits per heavy atom. The van der Waals surface area contributed by atoms with Gasteiger partial charge in [-0.25, -0.2) is 9.59 Å². The van der Waals surface area contributed by atoms with Crippen molar-refractivity contribution in [2.45, 2.75) is 32.1 Å². The van der Waals surface area contributed by atoms with E-state index in [1.54, 1.807) is 38.1 Å². The number of benzene rings is 2. The molecule has 2 aromatic carbocycles. The second kappa shape index (κ2) is 12.1. The smallest absolute Gasteiger partial charge is 0.364 e. The third-order valence-corrected chi connectivity index (χ3v) is 4.27. The van der Waals surface area contributed by atoms with Crippen molar-refractivity contribution in [1.29, 1.82) is 0 Å². The number of alkyl halides is 1. The normalized spacial score (nSPS) is 13.1. The fourth-order valence-electron chi connectivity index (χ4n) is 2.30. The molecule has 0 saturated carbocycles. The van der Waals surface area contributed by atoms with Gasteiger partial charge >= 0.3 is 11.9 Å². The molecule has 2 rings (SSSR count). The zero-order valence-electron chi connectivity index (χ0n) is 16.5. The standard InChI is InChI=1S/C22H22Cl2O6/c1-3-28-21(25)19(15(2)13-27-14-16-7-5-4-6-8-16)30-22(26)20(24)29-18-11-9-17(23)10-12-18/h4-13,19-20H,3,14H2,1-2H3. The number of hydrogen-bond acceptors (Lipinski definition) is 6. The third kappa shape index (κ3) is 7.61. The van der Waals surface area contributed by atoms with Gasteiger partial charge in [0.25, 0.3) is 5.56 Å². The van der Waals surface area contributed by atoms with Crippen LogP contribution in [0.5, 0.6) is 5.75 Å². The zero-order valence-corrected chi connectivity index (χ0v) is 18.1. The Morgan fingerprint density at radius 1 is 1.03 bits per heavy atom. The van der Waals surface area contributed by atoms with E-state index in [1.807, 2.05) is 30.3 Å². The summed E-state index contributed by atoms with van der Waals surface area (Å²) in [6.07, 6.45) is 0.0359. The molecular formula is C22H22Cl2O6. The van der Waals surface area contributed by atoms with Gasteiger partial charge in [-0.1, -0.05) is 53.5 Å². The monoisotopic (exact) mass is 452 g/mol. The summed E-state index contributed by atoms with van der Waals surface area (Å²) in [6, 6.07) is 15.8. The second-order valence-corrected chi connectivity index (χ2v) is 6.95. The Labute approximate surface area is 185 Å². The fourth-order valence-corrected chi connectivity index (χ4v) is 2.58. The molecule has 0 amide bonds. The number of esters is 2. The molecule has 6 nitrogen and oxygen atoms in total. The highest BCUT2D eigenvalue weighted by Crippen LogP contribution is 2.19. The van der Waals surface area contributed by atoms with E-state index in [0.29, 0.717) is 23.0 Å². The fraction of sp³-hybridized carbons (Fsp3) is 0.273. The number of rotatable bonds is 10. The lowest BCUT2D eigenvalue weighted by Crippen LogP contribution is -2.35. The molecule has 0 aromatic heterocycles. The molecule has 2 aromatic rings. The largest absolute Gasteiger partial charge is 0.496 e. The van der Waals surface area contributed by atoms with Crippen LogP contribution in [0.25, 0.3) is 0 Å². The Hall–Kier alpha value is -2.70. The van der Waals surface area contributed by atoms with E-state index in [2.05, 4.69) is 0 Å². The van der Waals surface area contributed by atoms with Gasteiger partial charge in [-0.2, -0.15) is 0 Å².